The van der Waals surface area contributed by atoms with Crippen molar-refractivity contribution in [1.29, 1.82) is 0 Å². The molecule has 0 unspecified atom stereocenters. The van der Waals surface area contributed by atoms with E-state index in [-0.39, 0.29) is 23.6 Å². The zero-order chi connectivity index (χ0) is 17.6. The average molecular weight is 361 g/mol. The number of aromatic amines is 1. The molecule has 0 radical (unpaired) electrons. The Morgan fingerprint density at radius 3 is 2.68 bits per heavy atom. The van der Waals surface area contributed by atoms with Gasteiger partial charge in [0.2, 0.25) is 0 Å². The van der Waals surface area contributed by atoms with Crippen molar-refractivity contribution >= 4 is 23.2 Å². The summed E-state index contributed by atoms with van der Waals surface area (Å²) in [6.45, 7) is 4.93. The van der Waals surface area contributed by atoms with Crippen LogP contribution in [0.4, 0.5) is 5.69 Å². The Balaban J connectivity index is 1.45. The molecule has 1 aromatic carbocycles. The molecule has 1 amide bonds. The predicted octanol–water partition coefficient (Wildman–Crippen LogP) is 3.24. The molecule has 0 spiro atoms. The molecule has 2 aliphatic heterocycles. The molecule has 2 bridgehead atoms. The molecular weight excluding hydrogens is 340 g/mol. The number of hydrogen-bond donors (Lipinski definition) is 3. The van der Waals surface area contributed by atoms with E-state index in [1.54, 1.807) is 0 Å². The number of benzene rings is 1. The topological polar surface area (TPSA) is 79.0 Å². The molecular formula is C18H21ClN4O2. The number of ether oxygens (including phenoxy) is 1. The zero-order valence-electron chi connectivity index (χ0n) is 14.2. The first kappa shape index (κ1) is 16.6. The van der Waals surface area contributed by atoms with Gasteiger partial charge in [-0.15, -0.1) is 0 Å². The molecule has 3 atom stereocenters. The van der Waals surface area contributed by atoms with E-state index in [1.807, 2.05) is 38.1 Å². The van der Waals surface area contributed by atoms with Crippen molar-refractivity contribution < 1.29 is 9.53 Å². The summed E-state index contributed by atoms with van der Waals surface area (Å²) >= 11 is 6.25. The Morgan fingerprint density at radius 2 is 2.12 bits per heavy atom. The lowest BCUT2D eigenvalue weighted by molar-refractivity contribution is 0.0160. The molecule has 0 aliphatic carbocycles. The highest BCUT2D eigenvalue weighted by Crippen LogP contribution is 2.37. The summed E-state index contributed by atoms with van der Waals surface area (Å²) in [5.41, 5.74) is 2.81. The Bertz CT molecular complexity index is 787. The standard InChI is InChI=1S/C18H21ClN4O2/c1-9(2)15-14(19)16(23-22-15)18(24)21-11-5-3-10(4-6-11)17-13-7-12(25-17)8-20-13/h3-6,9,12-13,17,20H,7-8H2,1-2H3,(H,21,24)(H,22,23)/t12-,13-,17+/m1/s1. The van der Waals surface area contributed by atoms with E-state index in [9.17, 15) is 4.79 Å². The first-order valence-corrected chi connectivity index (χ1v) is 8.94. The smallest absolute Gasteiger partial charge is 0.277 e. The fraction of sp³-hybridized carbons (Fsp3) is 0.444. The summed E-state index contributed by atoms with van der Waals surface area (Å²) in [6, 6.07) is 8.14. The molecule has 0 saturated carbocycles. The van der Waals surface area contributed by atoms with Crippen LogP contribution >= 0.6 is 11.6 Å². The van der Waals surface area contributed by atoms with Gasteiger partial charge >= 0.3 is 0 Å². The number of H-pyrrole nitrogens is 1. The van der Waals surface area contributed by atoms with Crippen molar-refractivity contribution in [2.75, 3.05) is 11.9 Å². The Hall–Kier alpha value is -1.89. The lowest BCUT2D eigenvalue weighted by Crippen LogP contribution is -2.33. The number of carbonyl (C=O) groups excluding carboxylic acids is 1. The van der Waals surface area contributed by atoms with E-state index in [0.29, 0.717) is 22.9 Å². The van der Waals surface area contributed by atoms with E-state index in [1.165, 1.54) is 0 Å². The molecule has 1 aromatic heterocycles. The summed E-state index contributed by atoms with van der Waals surface area (Å²) in [4.78, 5) is 12.4. The van der Waals surface area contributed by atoms with Crippen LogP contribution in [0.25, 0.3) is 0 Å². The van der Waals surface area contributed by atoms with Crippen LogP contribution in [-0.2, 0) is 4.74 Å². The molecule has 132 valence electrons. The number of rotatable bonds is 4. The van der Waals surface area contributed by atoms with E-state index in [2.05, 4.69) is 20.8 Å². The minimum Gasteiger partial charge on any atom is -0.367 e. The third kappa shape index (κ3) is 3.05. The van der Waals surface area contributed by atoms with E-state index < -0.39 is 0 Å². The molecule has 7 heteroatoms. The van der Waals surface area contributed by atoms with Crippen molar-refractivity contribution in [3.05, 3.63) is 46.2 Å². The normalized spacial score (nSPS) is 24.9. The van der Waals surface area contributed by atoms with Gasteiger partial charge in [-0.2, -0.15) is 5.10 Å². The van der Waals surface area contributed by atoms with Crippen LogP contribution in [0.2, 0.25) is 5.02 Å². The summed E-state index contributed by atoms with van der Waals surface area (Å²) < 4.78 is 6.00. The highest BCUT2D eigenvalue weighted by atomic mass is 35.5. The highest BCUT2D eigenvalue weighted by Gasteiger charge is 2.41. The van der Waals surface area contributed by atoms with E-state index in [4.69, 9.17) is 16.3 Å². The molecule has 4 rings (SSSR count). The molecule has 2 fully saturated rings. The first-order valence-electron chi connectivity index (χ1n) is 8.57. The van der Waals surface area contributed by atoms with Crippen LogP contribution in [-0.4, -0.2) is 34.8 Å². The fourth-order valence-corrected chi connectivity index (χ4v) is 3.89. The third-order valence-electron chi connectivity index (χ3n) is 4.85. The maximum atomic E-state index is 12.4. The van der Waals surface area contributed by atoms with Crippen molar-refractivity contribution in [2.45, 2.75) is 44.4 Å². The molecule has 2 saturated heterocycles. The highest BCUT2D eigenvalue weighted by molar-refractivity contribution is 6.34. The number of nitrogens with one attached hydrogen (secondary N) is 3. The average Bonchev–Trinajstić information content (AvgIpc) is 3.30. The molecule has 2 aromatic rings. The van der Waals surface area contributed by atoms with Crippen LogP contribution in [0.15, 0.2) is 24.3 Å². The van der Waals surface area contributed by atoms with Crippen LogP contribution < -0.4 is 10.6 Å². The Morgan fingerprint density at radius 1 is 1.36 bits per heavy atom. The van der Waals surface area contributed by atoms with Crippen molar-refractivity contribution in [3.63, 3.8) is 0 Å². The van der Waals surface area contributed by atoms with Crippen LogP contribution in [0, 0.1) is 0 Å². The number of carbonyl (C=O) groups is 1. The first-order chi connectivity index (χ1) is 12.0. The molecule has 3 N–H and O–H groups in total. The van der Waals surface area contributed by atoms with Gasteiger partial charge in [0.25, 0.3) is 5.91 Å². The lowest BCUT2D eigenvalue weighted by atomic mass is 10.0. The Kier molecular flexibility index (Phi) is 4.27. The second-order valence-corrected chi connectivity index (χ2v) is 7.34. The summed E-state index contributed by atoms with van der Waals surface area (Å²) in [5, 5.41) is 13.6. The van der Waals surface area contributed by atoms with Gasteiger partial charge in [0, 0.05) is 18.3 Å². The number of hydrogen-bond acceptors (Lipinski definition) is 4. The second-order valence-electron chi connectivity index (χ2n) is 6.96. The third-order valence-corrected chi connectivity index (χ3v) is 5.23. The number of anilines is 1. The van der Waals surface area contributed by atoms with Gasteiger partial charge in [-0.05, 0) is 30.0 Å². The van der Waals surface area contributed by atoms with Crippen molar-refractivity contribution in [1.82, 2.24) is 15.5 Å². The lowest BCUT2D eigenvalue weighted by Gasteiger charge is -2.23. The largest absolute Gasteiger partial charge is 0.367 e. The van der Waals surface area contributed by atoms with Gasteiger partial charge in [0.15, 0.2) is 5.69 Å². The van der Waals surface area contributed by atoms with Crippen molar-refractivity contribution in [2.24, 2.45) is 0 Å². The Labute approximate surface area is 151 Å². The van der Waals surface area contributed by atoms with Crippen molar-refractivity contribution in [3.8, 4) is 0 Å². The van der Waals surface area contributed by atoms with Gasteiger partial charge in [0.05, 0.1) is 22.9 Å². The summed E-state index contributed by atoms with van der Waals surface area (Å²) in [7, 11) is 0. The van der Waals surface area contributed by atoms with Gasteiger partial charge in [-0.3, -0.25) is 9.89 Å². The number of halogens is 1. The molecule has 25 heavy (non-hydrogen) atoms. The second kappa shape index (κ2) is 6.44. The number of morpholine rings is 1. The SMILES string of the molecule is CC(C)c1[nH]nc(C(=O)Nc2ccc([C@@H]3O[C@H]4CN[C@@H]3C4)cc2)c1Cl. The summed E-state index contributed by atoms with van der Waals surface area (Å²) in [6.07, 6.45) is 1.49. The number of amides is 1. The number of nitrogens with zero attached hydrogens (tertiary/aromatic N) is 1. The van der Waals surface area contributed by atoms with Crippen LogP contribution in [0.3, 0.4) is 0 Å². The monoisotopic (exact) mass is 360 g/mol. The fourth-order valence-electron chi connectivity index (χ4n) is 3.50. The molecule has 6 nitrogen and oxygen atoms in total. The quantitative estimate of drug-likeness (QED) is 0.782. The number of aromatic nitrogens is 2. The zero-order valence-corrected chi connectivity index (χ0v) is 14.9. The maximum Gasteiger partial charge on any atom is 0.277 e. The van der Waals surface area contributed by atoms with E-state index in [0.717, 1.165) is 24.2 Å². The minimum absolute atomic E-state index is 0.0953. The molecule has 2 aliphatic rings. The van der Waals surface area contributed by atoms with E-state index >= 15 is 0 Å². The molecule has 3 heterocycles. The van der Waals surface area contributed by atoms with Crippen LogP contribution in [0.1, 0.15) is 54.0 Å². The summed E-state index contributed by atoms with van der Waals surface area (Å²) in [5.74, 6) is -0.144. The van der Waals surface area contributed by atoms with Gasteiger partial charge < -0.3 is 15.4 Å². The minimum atomic E-state index is -0.321. The van der Waals surface area contributed by atoms with Gasteiger partial charge in [-0.25, -0.2) is 0 Å². The van der Waals surface area contributed by atoms with Gasteiger partial charge in [-0.1, -0.05) is 37.6 Å². The number of fused-ring (bicyclic) bond motifs is 2. The maximum absolute atomic E-state index is 12.4. The van der Waals surface area contributed by atoms with Crippen LogP contribution in [0.5, 0.6) is 0 Å². The predicted molar refractivity (Wildman–Crippen MR) is 96.1 cm³/mol. The van der Waals surface area contributed by atoms with Gasteiger partial charge in [0.1, 0.15) is 0 Å².